The molecule has 0 saturated heterocycles. The monoisotopic (exact) mass is 184 g/mol. The third kappa shape index (κ3) is 2.70. The van der Waals surface area contributed by atoms with Gasteiger partial charge in [0.15, 0.2) is 0 Å². The van der Waals surface area contributed by atoms with Crippen LogP contribution in [0.3, 0.4) is 0 Å². The Hall–Kier alpha value is -0.0400. The van der Waals surface area contributed by atoms with Crippen molar-refractivity contribution in [2.45, 2.75) is 52.9 Å². The van der Waals surface area contributed by atoms with Crippen molar-refractivity contribution in [2.24, 2.45) is 17.3 Å². The molecule has 13 heavy (non-hydrogen) atoms. The molecular weight excluding hydrogens is 160 g/mol. The molecule has 1 aliphatic carbocycles. The second-order valence-electron chi connectivity index (χ2n) is 5.25. The molecule has 0 radical (unpaired) electrons. The van der Waals surface area contributed by atoms with Gasteiger partial charge >= 0.3 is 0 Å². The summed E-state index contributed by atoms with van der Waals surface area (Å²) in [5.41, 5.74) is 0.507. The minimum atomic E-state index is 0.373. The zero-order valence-electron chi connectivity index (χ0n) is 9.34. The first kappa shape index (κ1) is 11.0. The standard InChI is InChI=1S/C12H24O/c1-4-11-6-5-10(7-8-13)9-12(11,2)3/h10-11,13H,4-9H2,1-3H3. The third-order valence-electron chi connectivity index (χ3n) is 3.87. The summed E-state index contributed by atoms with van der Waals surface area (Å²) >= 11 is 0. The predicted molar refractivity (Wildman–Crippen MR) is 56.6 cm³/mol. The topological polar surface area (TPSA) is 20.2 Å². The lowest BCUT2D eigenvalue weighted by Gasteiger charge is -2.42. The van der Waals surface area contributed by atoms with Crippen molar-refractivity contribution in [2.75, 3.05) is 6.61 Å². The number of aliphatic hydroxyl groups excluding tert-OH is 1. The summed E-state index contributed by atoms with van der Waals surface area (Å²) in [6.07, 6.45) is 6.35. The van der Waals surface area contributed by atoms with E-state index in [2.05, 4.69) is 20.8 Å². The molecule has 1 aliphatic rings. The van der Waals surface area contributed by atoms with Gasteiger partial charge in [0.25, 0.3) is 0 Å². The molecule has 1 N–H and O–H groups in total. The van der Waals surface area contributed by atoms with Crippen LogP contribution in [0.15, 0.2) is 0 Å². The summed E-state index contributed by atoms with van der Waals surface area (Å²) in [7, 11) is 0. The molecule has 0 heterocycles. The Kier molecular flexibility index (Phi) is 3.78. The Morgan fingerprint density at radius 3 is 2.46 bits per heavy atom. The number of aliphatic hydroxyl groups is 1. The maximum Gasteiger partial charge on any atom is 0.0433 e. The summed E-state index contributed by atoms with van der Waals surface area (Å²) in [6, 6.07) is 0. The molecule has 78 valence electrons. The Morgan fingerprint density at radius 2 is 2.00 bits per heavy atom. The van der Waals surface area contributed by atoms with Gasteiger partial charge in [-0.1, -0.05) is 33.6 Å². The fraction of sp³-hybridized carbons (Fsp3) is 1.00. The second-order valence-corrected chi connectivity index (χ2v) is 5.25. The van der Waals surface area contributed by atoms with Crippen LogP contribution in [0.25, 0.3) is 0 Å². The van der Waals surface area contributed by atoms with Gasteiger partial charge in [-0.2, -0.15) is 0 Å². The first-order chi connectivity index (χ1) is 6.10. The van der Waals surface area contributed by atoms with Crippen molar-refractivity contribution in [1.29, 1.82) is 0 Å². The van der Waals surface area contributed by atoms with Crippen LogP contribution in [0, 0.1) is 17.3 Å². The summed E-state index contributed by atoms with van der Waals surface area (Å²) < 4.78 is 0. The molecule has 1 heteroatoms. The molecule has 1 saturated carbocycles. The highest BCUT2D eigenvalue weighted by atomic mass is 16.3. The summed E-state index contributed by atoms with van der Waals surface area (Å²) in [4.78, 5) is 0. The SMILES string of the molecule is CCC1CCC(CCO)CC1(C)C. The van der Waals surface area contributed by atoms with Gasteiger partial charge in [-0.15, -0.1) is 0 Å². The molecular formula is C12H24O. The number of hydrogen-bond acceptors (Lipinski definition) is 1. The molecule has 0 bridgehead atoms. The van der Waals surface area contributed by atoms with Crippen LogP contribution in [0.1, 0.15) is 52.9 Å². The average Bonchev–Trinajstić information content (AvgIpc) is 2.03. The van der Waals surface area contributed by atoms with E-state index in [1.54, 1.807) is 0 Å². The molecule has 2 unspecified atom stereocenters. The molecule has 0 amide bonds. The maximum absolute atomic E-state index is 8.91. The van der Waals surface area contributed by atoms with Crippen LogP contribution in [-0.4, -0.2) is 11.7 Å². The largest absolute Gasteiger partial charge is 0.396 e. The zero-order chi connectivity index (χ0) is 9.90. The zero-order valence-corrected chi connectivity index (χ0v) is 9.34. The maximum atomic E-state index is 8.91. The Morgan fingerprint density at radius 1 is 1.31 bits per heavy atom. The van der Waals surface area contributed by atoms with Crippen molar-refractivity contribution in [1.82, 2.24) is 0 Å². The van der Waals surface area contributed by atoms with Crippen molar-refractivity contribution in [3.8, 4) is 0 Å². The fourth-order valence-electron chi connectivity index (χ4n) is 3.03. The van der Waals surface area contributed by atoms with Crippen molar-refractivity contribution >= 4 is 0 Å². The Bertz CT molecular complexity index is 151. The summed E-state index contributed by atoms with van der Waals surface area (Å²) in [5, 5.41) is 8.91. The highest BCUT2D eigenvalue weighted by Crippen LogP contribution is 2.45. The first-order valence-electron chi connectivity index (χ1n) is 5.71. The highest BCUT2D eigenvalue weighted by Gasteiger charge is 2.34. The fourth-order valence-corrected chi connectivity index (χ4v) is 3.03. The van der Waals surface area contributed by atoms with E-state index in [1.165, 1.54) is 25.7 Å². The van der Waals surface area contributed by atoms with Gasteiger partial charge in [0.2, 0.25) is 0 Å². The minimum Gasteiger partial charge on any atom is -0.396 e. The lowest BCUT2D eigenvalue weighted by molar-refractivity contribution is 0.0786. The van der Waals surface area contributed by atoms with E-state index in [4.69, 9.17) is 5.11 Å². The first-order valence-corrected chi connectivity index (χ1v) is 5.71. The van der Waals surface area contributed by atoms with Gasteiger partial charge in [-0.05, 0) is 36.5 Å². The second kappa shape index (κ2) is 4.45. The van der Waals surface area contributed by atoms with Crippen LogP contribution < -0.4 is 0 Å². The summed E-state index contributed by atoms with van der Waals surface area (Å²) in [6.45, 7) is 7.46. The van der Waals surface area contributed by atoms with Crippen LogP contribution in [-0.2, 0) is 0 Å². The van der Waals surface area contributed by atoms with Crippen LogP contribution in [0.2, 0.25) is 0 Å². The molecule has 2 atom stereocenters. The van der Waals surface area contributed by atoms with Gasteiger partial charge in [0, 0.05) is 6.61 Å². The Labute approximate surface area is 82.5 Å². The van der Waals surface area contributed by atoms with Gasteiger partial charge in [-0.25, -0.2) is 0 Å². The van der Waals surface area contributed by atoms with Gasteiger partial charge in [0.1, 0.15) is 0 Å². The number of hydrogen-bond donors (Lipinski definition) is 1. The van der Waals surface area contributed by atoms with E-state index >= 15 is 0 Å². The average molecular weight is 184 g/mol. The molecule has 1 rings (SSSR count). The summed E-state index contributed by atoms with van der Waals surface area (Å²) in [5.74, 6) is 1.69. The number of rotatable bonds is 3. The molecule has 0 aromatic carbocycles. The Balaban J connectivity index is 2.48. The minimum absolute atomic E-state index is 0.373. The molecule has 0 aromatic rings. The highest BCUT2D eigenvalue weighted by molar-refractivity contribution is 4.85. The van der Waals surface area contributed by atoms with Gasteiger partial charge < -0.3 is 5.11 Å². The molecule has 0 spiro atoms. The van der Waals surface area contributed by atoms with E-state index in [9.17, 15) is 0 Å². The smallest absolute Gasteiger partial charge is 0.0433 e. The van der Waals surface area contributed by atoms with Crippen LogP contribution in [0.4, 0.5) is 0 Å². The predicted octanol–water partition coefficient (Wildman–Crippen LogP) is 3.22. The van der Waals surface area contributed by atoms with E-state index in [-0.39, 0.29) is 0 Å². The molecule has 1 nitrogen and oxygen atoms in total. The van der Waals surface area contributed by atoms with E-state index in [0.717, 1.165) is 18.3 Å². The van der Waals surface area contributed by atoms with Crippen molar-refractivity contribution < 1.29 is 5.11 Å². The normalized spacial score (nSPS) is 33.2. The van der Waals surface area contributed by atoms with Crippen LogP contribution >= 0.6 is 0 Å². The molecule has 1 fully saturated rings. The molecule has 0 aliphatic heterocycles. The van der Waals surface area contributed by atoms with Gasteiger partial charge in [-0.3, -0.25) is 0 Å². The lowest BCUT2D eigenvalue weighted by Crippen LogP contribution is -2.32. The third-order valence-corrected chi connectivity index (χ3v) is 3.87. The van der Waals surface area contributed by atoms with Crippen LogP contribution in [0.5, 0.6) is 0 Å². The molecule has 0 aromatic heterocycles. The van der Waals surface area contributed by atoms with E-state index < -0.39 is 0 Å². The van der Waals surface area contributed by atoms with Crippen molar-refractivity contribution in [3.63, 3.8) is 0 Å². The van der Waals surface area contributed by atoms with E-state index in [1.807, 2.05) is 0 Å². The van der Waals surface area contributed by atoms with Gasteiger partial charge in [0.05, 0.1) is 0 Å². The van der Waals surface area contributed by atoms with E-state index in [0.29, 0.717) is 12.0 Å². The quantitative estimate of drug-likeness (QED) is 0.714. The lowest BCUT2D eigenvalue weighted by atomic mass is 9.64. The van der Waals surface area contributed by atoms with Crippen molar-refractivity contribution in [3.05, 3.63) is 0 Å².